The van der Waals surface area contributed by atoms with Crippen LogP contribution in [0.15, 0.2) is 84.5 Å². The molecule has 0 aliphatic heterocycles. The van der Waals surface area contributed by atoms with Crippen molar-refractivity contribution in [3.63, 3.8) is 0 Å². The van der Waals surface area contributed by atoms with Gasteiger partial charge in [0, 0.05) is 17.7 Å². The van der Waals surface area contributed by atoms with E-state index in [2.05, 4.69) is 5.16 Å². The Balaban J connectivity index is 1.94. The van der Waals surface area contributed by atoms with Gasteiger partial charge in [0.25, 0.3) is 0 Å². The summed E-state index contributed by atoms with van der Waals surface area (Å²) in [5, 5.41) is 4.16. The van der Waals surface area contributed by atoms with Gasteiger partial charge in [-0.2, -0.15) is 0 Å². The third-order valence-corrected chi connectivity index (χ3v) is 3.66. The van der Waals surface area contributed by atoms with Crippen LogP contribution in [0.3, 0.4) is 0 Å². The molecule has 0 N–H and O–H groups in total. The summed E-state index contributed by atoms with van der Waals surface area (Å²) in [5.74, 6) is -0.495. The van der Waals surface area contributed by atoms with Gasteiger partial charge in [0.05, 0.1) is 5.56 Å². The summed E-state index contributed by atoms with van der Waals surface area (Å²) >= 11 is 0. The number of aromatic nitrogens is 2. The van der Waals surface area contributed by atoms with E-state index in [1.54, 1.807) is 22.9 Å². The average molecular weight is 333 g/mol. The van der Waals surface area contributed by atoms with Gasteiger partial charge in [-0.1, -0.05) is 35.5 Å². The van der Waals surface area contributed by atoms with Gasteiger partial charge in [-0.05, 0) is 12.1 Å². The van der Waals surface area contributed by atoms with Gasteiger partial charge in [-0.3, -0.25) is 0 Å². The molecule has 124 valence electrons. The van der Waals surface area contributed by atoms with Gasteiger partial charge in [0.1, 0.15) is 25.4 Å². The Morgan fingerprint density at radius 3 is 2.00 bits per heavy atom. The predicted octanol–water partition coefficient (Wildman–Crippen LogP) is 1.95. The fraction of sp³-hybridized carbons (Fsp3) is 0.100. The molecule has 0 fully saturated rings. The summed E-state index contributed by atoms with van der Waals surface area (Å²) < 4.78 is 3.71. The monoisotopic (exact) mass is 333 g/mol. The SMILES string of the molecule is C[n+]1cccc(C(=O)O/N=C(\c2ccccc2)c2ccc[n+](C)c2)c1. The van der Waals surface area contributed by atoms with Crippen LogP contribution >= 0.6 is 0 Å². The van der Waals surface area contributed by atoms with Crippen LogP contribution in [0, 0.1) is 0 Å². The van der Waals surface area contributed by atoms with Crippen LogP contribution in [-0.2, 0) is 18.9 Å². The fourth-order valence-corrected chi connectivity index (χ4v) is 2.44. The third kappa shape index (κ3) is 4.14. The van der Waals surface area contributed by atoms with Crippen LogP contribution in [0.5, 0.6) is 0 Å². The molecule has 3 rings (SSSR count). The van der Waals surface area contributed by atoms with E-state index in [4.69, 9.17) is 4.84 Å². The van der Waals surface area contributed by atoms with Crippen molar-refractivity contribution in [3.8, 4) is 0 Å². The van der Waals surface area contributed by atoms with Crippen molar-refractivity contribution in [2.75, 3.05) is 0 Å². The van der Waals surface area contributed by atoms with Crippen LogP contribution in [-0.4, -0.2) is 11.7 Å². The van der Waals surface area contributed by atoms with Crippen LogP contribution < -0.4 is 9.13 Å². The Kier molecular flexibility index (Phi) is 4.95. The van der Waals surface area contributed by atoms with Crippen molar-refractivity contribution in [1.82, 2.24) is 0 Å². The zero-order valence-electron chi connectivity index (χ0n) is 14.2. The molecular weight excluding hydrogens is 314 g/mol. The maximum absolute atomic E-state index is 12.3. The van der Waals surface area contributed by atoms with E-state index in [1.807, 2.05) is 79.7 Å². The second-order valence-corrected chi connectivity index (χ2v) is 5.70. The van der Waals surface area contributed by atoms with Gasteiger partial charge in [0.2, 0.25) is 0 Å². The number of nitrogens with zero attached hydrogens (tertiary/aromatic N) is 3. The Hall–Kier alpha value is -3.34. The normalized spacial score (nSPS) is 11.2. The number of oxime groups is 1. The van der Waals surface area contributed by atoms with Crippen molar-refractivity contribution < 1.29 is 18.8 Å². The van der Waals surface area contributed by atoms with Gasteiger partial charge in [0.15, 0.2) is 24.8 Å². The molecule has 0 spiro atoms. The van der Waals surface area contributed by atoms with E-state index in [0.29, 0.717) is 11.3 Å². The summed E-state index contributed by atoms with van der Waals surface area (Å²) in [6, 6.07) is 17.0. The summed E-state index contributed by atoms with van der Waals surface area (Å²) in [4.78, 5) is 17.5. The number of pyridine rings is 2. The van der Waals surface area contributed by atoms with Gasteiger partial charge in [-0.15, -0.1) is 0 Å². The minimum absolute atomic E-state index is 0.444. The van der Waals surface area contributed by atoms with E-state index in [0.717, 1.165) is 11.1 Å². The lowest BCUT2D eigenvalue weighted by Crippen LogP contribution is -2.28. The van der Waals surface area contributed by atoms with E-state index in [1.165, 1.54) is 0 Å². The third-order valence-electron chi connectivity index (χ3n) is 3.66. The zero-order chi connectivity index (χ0) is 17.6. The predicted molar refractivity (Wildman–Crippen MR) is 92.7 cm³/mol. The molecule has 0 saturated heterocycles. The minimum Gasteiger partial charge on any atom is -0.312 e. The maximum Gasteiger partial charge on any atom is 0.371 e. The topological polar surface area (TPSA) is 46.4 Å². The number of hydrogen-bond acceptors (Lipinski definition) is 3. The second-order valence-electron chi connectivity index (χ2n) is 5.70. The highest BCUT2D eigenvalue weighted by atomic mass is 16.7. The Morgan fingerprint density at radius 1 is 0.800 bits per heavy atom. The van der Waals surface area contributed by atoms with E-state index < -0.39 is 5.97 Å². The number of carbonyl (C=O) groups excluding carboxylic acids is 1. The van der Waals surface area contributed by atoms with Crippen molar-refractivity contribution >= 4 is 11.7 Å². The van der Waals surface area contributed by atoms with Crippen molar-refractivity contribution in [2.24, 2.45) is 19.3 Å². The number of aryl methyl sites for hydroxylation is 2. The maximum atomic E-state index is 12.3. The van der Waals surface area contributed by atoms with Crippen LogP contribution in [0.4, 0.5) is 0 Å². The fourth-order valence-electron chi connectivity index (χ4n) is 2.44. The molecule has 25 heavy (non-hydrogen) atoms. The van der Waals surface area contributed by atoms with Gasteiger partial charge in [-0.25, -0.2) is 13.9 Å². The minimum atomic E-state index is -0.495. The smallest absolute Gasteiger partial charge is 0.312 e. The first-order valence-electron chi connectivity index (χ1n) is 7.89. The molecule has 0 unspecified atom stereocenters. The largest absolute Gasteiger partial charge is 0.371 e. The molecule has 5 heteroatoms. The van der Waals surface area contributed by atoms with Gasteiger partial charge >= 0.3 is 5.97 Å². The standard InChI is InChI=1S/C20H19N3O2/c1-22-12-6-10-17(14-22)19(16-8-4-3-5-9-16)21-25-20(24)18-11-7-13-23(2)15-18/h3-15H,1-2H3/q+2/b21-19+. The Morgan fingerprint density at radius 2 is 1.36 bits per heavy atom. The number of benzene rings is 1. The van der Waals surface area contributed by atoms with Crippen LogP contribution in [0.2, 0.25) is 0 Å². The van der Waals surface area contributed by atoms with Crippen LogP contribution in [0.1, 0.15) is 21.5 Å². The Labute approximate surface area is 146 Å². The molecule has 0 amide bonds. The summed E-state index contributed by atoms with van der Waals surface area (Å²) in [6.45, 7) is 0. The molecule has 0 aliphatic carbocycles. The molecule has 0 radical (unpaired) electrons. The molecule has 0 aliphatic rings. The lowest BCUT2D eigenvalue weighted by molar-refractivity contribution is -0.671. The first-order valence-corrected chi connectivity index (χ1v) is 7.89. The quantitative estimate of drug-likeness (QED) is 0.317. The van der Waals surface area contributed by atoms with Gasteiger partial charge < -0.3 is 4.84 Å². The highest BCUT2D eigenvalue weighted by Crippen LogP contribution is 2.10. The molecule has 2 heterocycles. The number of hydrogen-bond donors (Lipinski definition) is 0. The summed E-state index contributed by atoms with van der Waals surface area (Å²) in [6.07, 6.45) is 7.41. The first-order chi connectivity index (χ1) is 12.1. The highest BCUT2D eigenvalue weighted by molar-refractivity contribution is 6.12. The summed E-state index contributed by atoms with van der Waals surface area (Å²) in [7, 11) is 3.78. The molecular formula is C20H19N3O2+2. The van der Waals surface area contributed by atoms with Crippen LogP contribution in [0.25, 0.3) is 0 Å². The van der Waals surface area contributed by atoms with Crippen molar-refractivity contribution in [1.29, 1.82) is 0 Å². The van der Waals surface area contributed by atoms with Crippen molar-refractivity contribution in [3.05, 3.63) is 96.1 Å². The summed E-state index contributed by atoms with van der Waals surface area (Å²) in [5.41, 5.74) is 2.79. The molecule has 0 atom stereocenters. The molecule has 1 aromatic carbocycles. The molecule has 0 saturated carbocycles. The number of rotatable bonds is 4. The average Bonchev–Trinajstić information content (AvgIpc) is 2.63. The zero-order valence-corrected chi connectivity index (χ0v) is 14.2. The Bertz CT molecular complexity index is 921. The lowest BCUT2D eigenvalue weighted by atomic mass is 10.0. The lowest BCUT2D eigenvalue weighted by Gasteiger charge is -2.05. The second kappa shape index (κ2) is 7.49. The number of carbonyl (C=O) groups is 1. The molecule has 2 aromatic heterocycles. The molecule has 3 aromatic rings. The molecule has 0 bridgehead atoms. The molecule has 5 nitrogen and oxygen atoms in total. The first kappa shape index (κ1) is 16.5. The highest BCUT2D eigenvalue weighted by Gasteiger charge is 2.15. The van der Waals surface area contributed by atoms with E-state index >= 15 is 0 Å². The van der Waals surface area contributed by atoms with E-state index in [-0.39, 0.29) is 0 Å². The van der Waals surface area contributed by atoms with E-state index in [9.17, 15) is 4.79 Å². The van der Waals surface area contributed by atoms with Crippen molar-refractivity contribution in [2.45, 2.75) is 0 Å².